The van der Waals surface area contributed by atoms with Crippen LogP contribution in [0.25, 0.3) is 0 Å². The Morgan fingerprint density at radius 1 is 0.957 bits per heavy atom. The number of rotatable bonds is 5. The molecule has 23 heavy (non-hydrogen) atoms. The molecule has 0 bridgehead atoms. The van der Waals surface area contributed by atoms with Crippen molar-refractivity contribution in [1.29, 1.82) is 0 Å². The third kappa shape index (κ3) is 2.59. The fourth-order valence-corrected chi connectivity index (χ4v) is 2.49. The molecule has 0 saturated carbocycles. The summed E-state index contributed by atoms with van der Waals surface area (Å²) in [6.45, 7) is 0.0645. The summed E-state index contributed by atoms with van der Waals surface area (Å²) < 4.78 is 10.4. The van der Waals surface area contributed by atoms with Crippen LogP contribution in [0.2, 0.25) is 0 Å². The van der Waals surface area contributed by atoms with E-state index in [1.165, 1.54) is 4.90 Å². The molecule has 1 N–H and O–H groups in total. The lowest BCUT2D eigenvalue weighted by Gasteiger charge is -2.17. The molecule has 1 aliphatic rings. The molecule has 3 rings (SSSR count). The summed E-state index contributed by atoms with van der Waals surface area (Å²) in [6.07, 6.45) is 0. The van der Waals surface area contributed by atoms with Crippen LogP contribution in [0, 0.1) is 0 Å². The van der Waals surface area contributed by atoms with E-state index in [1.54, 1.807) is 56.7 Å². The molecule has 2 aromatic rings. The number of hydrogen-bond acceptors (Lipinski definition) is 5. The molecule has 2 amide bonds. The predicted molar refractivity (Wildman–Crippen MR) is 85.0 cm³/mol. The smallest absolute Gasteiger partial charge is 0.263 e. The maximum atomic E-state index is 12.3. The zero-order valence-corrected chi connectivity index (χ0v) is 12.8. The summed E-state index contributed by atoms with van der Waals surface area (Å²) in [5, 5.41) is 3.06. The number of ether oxygens (including phenoxy) is 2. The Kier molecular flexibility index (Phi) is 3.89. The Morgan fingerprint density at radius 3 is 2.17 bits per heavy atom. The summed E-state index contributed by atoms with van der Waals surface area (Å²) in [5.41, 5.74) is 1.53. The van der Waals surface area contributed by atoms with E-state index < -0.39 is 0 Å². The van der Waals surface area contributed by atoms with E-state index in [0.29, 0.717) is 28.3 Å². The average Bonchev–Trinajstić information content (AvgIpc) is 2.84. The molecule has 2 aromatic carbocycles. The van der Waals surface area contributed by atoms with E-state index in [0.717, 1.165) is 0 Å². The lowest BCUT2D eigenvalue weighted by molar-refractivity contribution is 0.0665. The zero-order valence-electron chi connectivity index (χ0n) is 12.8. The van der Waals surface area contributed by atoms with Gasteiger partial charge in [-0.25, -0.2) is 0 Å². The van der Waals surface area contributed by atoms with E-state index in [2.05, 4.69) is 5.32 Å². The van der Waals surface area contributed by atoms with Gasteiger partial charge in [-0.15, -0.1) is 0 Å². The van der Waals surface area contributed by atoms with E-state index >= 15 is 0 Å². The maximum absolute atomic E-state index is 12.3. The number of anilines is 1. The lowest BCUT2D eigenvalue weighted by Crippen LogP contribution is -2.34. The fraction of sp³-hybridized carbons (Fsp3) is 0.176. The van der Waals surface area contributed by atoms with Crippen LogP contribution in [0.3, 0.4) is 0 Å². The molecule has 0 unspecified atom stereocenters. The molecule has 0 atom stereocenters. The van der Waals surface area contributed by atoms with Crippen molar-refractivity contribution in [2.24, 2.45) is 0 Å². The van der Waals surface area contributed by atoms with Gasteiger partial charge in [0, 0.05) is 6.07 Å². The minimum atomic E-state index is -0.300. The number of methoxy groups -OCH3 is 2. The van der Waals surface area contributed by atoms with Crippen molar-refractivity contribution < 1.29 is 19.1 Å². The van der Waals surface area contributed by atoms with Gasteiger partial charge in [0.25, 0.3) is 11.8 Å². The summed E-state index contributed by atoms with van der Waals surface area (Å²) in [6, 6.07) is 12.1. The first kappa shape index (κ1) is 14.9. The summed E-state index contributed by atoms with van der Waals surface area (Å²) in [7, 11) is 3.11. The topological polar surface area (TPSA) is 67.9 Å². The van der Waals surface area contributed by atoms with Crippen LogP contribution in [0.5, 0.6) is 11.5 Å². The quantitative estimate of drug-likeness (QED) is 0.859. The predicted octanol–water partition coefficient (Wildman–Crippen LogP) is 2.37. The summed E-state index contributed by atoms with van der Waals surface area (Å²) in [4.78, 5) is 25.8. The molecule has 0 fully saturated rings. The first-order valence-electron chi connectivity index (χ1n) is 7.07. The number of carbonyl (C=O) groups is 2. The van der Waals surface area contributed by atoms with Gasteiger partial charge in [-0.2, -0.15) is 0 Å². The molecule has 0 radical (unpaired) electrons. The van der Waals surface area contributed by atoms with Gasteiger partial charge in [-0.3, -0.25) is 14.5 Å². The largest absolute Gasteiger partial charge is 0.497 e. The molecular weight excluding hydrogens is 296 g/mol. The third-order valence-electron chi connectivity index (χ3n) is 3.71. The highest BCUT2D eigenvalue weighted by Crippen LogP contribution is 2.29. The number of nitrogens with zero attached hydrogens (tertiary/aromatic N) is 1. The molecule has 0 spiro atoms. The third-order valence-corrected chi connectivity index (χ3v) is 3.71. The van der Waals surface area contributed by atoms with Crippen LogP contribution in [0.15, 0.2) is 42.5 Å². The summed E-state index contributed by atoms with van der Waals surface area (Å²) >= 11 is 0. The molecule has 1 heterocycles. The first-order valence-corrected chi connectivity index (χ1v) is 7.07. The average molecular weight is 312 g/mol. The second-order valence-electron chi connectivity index (χ2n) is 4.99. The van der Waals surface area contributed by atoms with E-state index in [4.69, 9.17) is 9.47 Å². The standard InChI is InChI=1S/C17H16N2O4/c1-22-11-7-8-14(15(9-11)23-2)18-10-19-16(20)12-5-3-4-6-13(12)17(19)21/h3-9,18H,10H2,1-2H3. The van der Waals surface area contributed by atoms with Gasteiger partial charge in [0.05, 0.1) is 37.7 Å². The zero-order chi connectivity index (χ0) is 16.4. The first-order chi connectivity index (χ1) is 11.2. The van der Waals surface area contributed by atoms with Gasteiger partial charge in [0.1, 0.15) is 11.5 Å². The van der Waals surface area contributed by atoms with Crippen molar-refractivity contribution in [3.05, 3.63) is 53.6 Å². The number of nitrogens with one attached hydrogen (secondary N) is 1. The Balaban J connectivity index is 1.77. The van der Waals surface area contributed by atoms with E-state index in [9.17, 15) is 9.59 Å². The highest BCUT2D eigenvalue weighted by Gasteiger charge is 2.34. The Bertz CT molecular complexity index is 738. The van der Waals surface area contributed by atoms with Crippen molar-refractivity contribution in [1.82, 2.24) is 4.90 Å². The molecule has 0 aliphatic carbocycles. The highest BCUT2D eigenvalue weighted by molar-refractivity contribution is 6.21. The molecular formula is C17H16N2O4. The number of benzene rings is 2. The second kappa shape index (κ2) is 6.00. The number of carbonyl (C=O) groups excluding carboxylic acids is 2. The number of fused-ring (bicyclic) bond motifs is 1. The SMILES string of the molecule is COc1ccc(NCN2C(=O)c3ccccc3C2=O)c(OC)c1. The monoisotopic (exact) mass is 312 g/mol. The van der Waals surface area contributed by atoms with Gasteiger partial charge >= 0.3 is 0 Å². The fourth-order valence-electron chi connectivity index (χ4n) is 2.49. The van der Waals surface area contributed by atoms with Crippen molar-refractivity contribution in [3.8, 4) is 11.5 Å². The Labute approximate surface area is 133 Å². The van der Waals surface area contributed by atoms with Gasteiger partial charge in [0.15, 0.2) is 0 Å². The van der Waals surface area contributed by atoms with E-state index in [1.807, 2.05) is 0 Å². The van der Waals surface area contributed by atoms with Gasteiger partial charge in [-0.1, -0.05) is 12.1 Å². The number of amides is 2. The number of hydrogen-bond donors (Lipinski definition) is 1. The minimum absolute atomic E-state index is 0.0645. The highest BCUT2D eigenvalue weighted by atomic mass is 16.5. The van der Waals surface area contributed by atoms with Crippen molar-refractivity contribution in [2.45, 2.75) is 0 Å². The van der Waals surface area contributed by atoms with Crippen LogP contribution in [-0.4, -0.2) is 37.6 Å². The van der Waals surface area contributed by atoms with Crippen molar-refractivity contribution >= 4 is 17.5 Å². The molecule has 6 nitrogen and oxygen atoms in total. The van der Waals surface area contributed by atoms with Crippen LogP contribution >= 0.6 is 0 Å². The molecule has 6 heteroatoms. The van der Waals surface area contributed by atoms with Crippen molar-refractivity contribution in [3.63, 3.8) is 0 Å². The van der Waals surface area contributed by atoms with Crippen LogP contribution in [0.1, 0.15) is 20.7 Å². The van der Waals surface area contributed by atoms with Crippen molar-refractivity contribution in [2.75, 3.05) is 26.2 Å². The molecule has 0 saturated heterocycles. The van der Waals surface area contributed by atoms with Gasteiger partial charge < -0.3 is 14.8 Å². The Hall–Kier alpha value is -3.02. The minimum Gasteiger partial charge on any atom is -0.497 e. The lowest BCUT2D eigenvalue weighted by atomic mass is 10.1. The van der Waals surface area contributed by atoms with Gasteiger partial charge in [0.2, 0.25) is 0 Å². The van der Waals surface area contributed by atoms with Crippen LogP contribution in [0.4, 0.5) is 5.69 Å². The summed E-state index contributed by atoms with van der Waals surface area (Å²) in [5.74, 6) is 0.630. The molecule has 118 valence electrons. The normalized spacial score (nSPS) is 13.0. The molecule has 0 aromatic heterocycles. The number of imide groups is 1. The molecule has 1 aliphatic heterocycles. The van der Waals surface area contributed by atoms with Crippen LogP contribution < -0.4 is 14.8 Å². The second-order valence-corrected chi connectivity index (χ2v) is 4.99. The Morgan fingerprint density at radius 2 is 1.61 bits per heavy atom. The maximum Gasteiger partial charge on any atom is 0.263 e. The van der Waals surface area contributed by atoms with Crippen LogP contribution in [-0.2, 0) is 0 Å². The van der Waals surface area contributed by atoms with E-state index in [-0.39, 0.29) is 18.5 Å². The van der Waals surface area contributed by atoms with Gasteiger partial charge in [-0.05, 0) is 24.3 Å².